The van der Waals surface area contributed by atoms with Crippen molar-refractivity contribution in [3.8, 4) is 0 Å². The summed E-state index contributed by atoms with van der Waals surface area (Å²) in [6, 6.07) is 2.95. The van der Waals surface area contributed by atoms with Crippen molar-refractivity contribution < 1.29 is 19.2 Å². The van der Waals surface area contributed by atoms with Gasteiger partial charge in [0, 0.05) is 19.7 Å². The van der Waals surface area contributed by atoms with Gasteiger partial charge in [0.2, 0.25) is 0 Å². The van der Waals surface area contributed by atoms with Crippen LogP contribution in [-0.4, -0.2) is 48.3 Å². The molecule has 1 rings (SSSR count). The summed E-state index contributed by atoms with van der Waals surface area (Å²) in [5, 5.41) is 10.5. The summed E-state index contributed by atoms with van der Waals surface area (Å²) in [5.74, 6) is 0.176. The van der Waals surface area contributed by atoms with Crippen LogP contribution in [0.1, 0.15) is 20.8 Å². The third kappa shape index (κ3) is 6.49. The number of aromatic nitrogens is 1. The van der Waals surface area contributed by atoms with Gasteiger partial charge in [0.15, 0.2) is 0 Å². The van der Waals surface area contributed by atoms with Crippen molar-refractivity contribution in [3.63, 3.8) is 0 Å². The van der Waals surface area contributed by atoms with Crippen LogP contribution in [0, 0.1) is 10.1 Å². The van der Waals surface area contributed by atoms with Crippen molar-refractivity contribution in [1.82, 2.24) is 4.98 Å². The first-order chi connectivity index (χ1) is 10.2. The lowest BCUT2D eigenvalue weighted by Gasteiger charge is -2.20. The number of hydrogen-bond donors (Lipinski definition) is 0. The Morgan fingerprint density at radius 3 is 2.59 bits per heavy atom. The highest BCUT2D eigenvalue weighted by atomic mass is 16.6. The highest BCUT2D eigenvalue weighted by molar-refractivity contribution is 5.71. The molecule has 0 N–H and O–H groups in total. The van der Waals surface area contributed by atoms with Crippen LogP contribution in [0.2, 0.25) is 0 Å². The van der Waals surface area contributed by atoms with Gasteiger partial charge in [0.1, 0.15) is 24.2 Å². The van der Waals surface area contributed by atoms with Crippen molar-refractivity contribution in [2.24, 2.45) is 0 Å². The van der Waals surface area contributed by atoms with Crippen molar-refractivity contribution >= 4 is 17.5 Å². The van der Waals surface area contributed by atoms with Gasteiger partial charge in [-0.1, -0.05) is 0 Å². The largest absolute Gasteiger partial charge is 0.458 e. The first-order valence-corrected chi connectivity index (χ1v) is 6.80. The fourth-order valence-corrected chi connectivity index (χ4v) is 1.55. The average molecular weight is 311 g/mol. The molecule has 0 saturated carbocycles. The number of carbonyl (C=O) groups excluding carboxylic acids is 1. The minimum atomic E-state index is -0.528. The molecule has 8 heteroatoms. The van der Waals surface area contributed by atoms with E-state index in [1.807, 2.05) is 0 Å². The number of esters is 1. The molecule has 0 radical (unpaired) electrons. The van der Waals surface area contributed by atoms with E-state index in [9.17, 15) is 14.9 Å². The maximum Gasteiger partial charge on any atom is 0.332 e. The summed E-state index contributed by atoms with van der Waals surface area (Å²) in [6.45, 7) is 6.07. The van der Waals surface area contributed by atoms with Gasteiger partial charge in [0.05, 0.1) is 11.5 Å². The van der Waals surface area contributed by atoms with Crippen LogP contribution in [-0.2, 0) is 14.3 Å². The molecule has 22 heavy (non-hydrogen) atoms. The quantitative estimate of drug-likeness (QED) is 0.328. The Labute approximate surface area is 129 Å². The van der Waals surface area contributed by atoms with E-state index in [1.165, 1.54) is 12.3 Å². The lowest BCUT2D eigenvalue weighted by molar-refractivity contribution is -0.385. The zero-order valence-corrected chi connectivity index (χ0v) is 13.2. The Morgan fingerprint density at radius 1 is 1.41 bits per heavy atom. The lowest BCUT2D eigenvalue weighted by atomic mass is 10.2. The molecule has 8 nitrogen and oxygen atoms in total. The summed E-state index contributed by atoms with van der Waals surface area (Å²) in [4.78, 5) is 27.3. The number of hydrogen-bond acceptors (Lipinski definition) is 7. The molecule has 0 amide bonds. The van der Waals surface area contributed by atoms with Crippen LogP contribution >= 0.6 is 0 Å². The predicted octanol–water partition coefficient (Wildman–Crippen LogP) is 1.78. The number of nitro groups is 1. The molecule has 1 aromatic rings. The maximum absolute atomic E-state index is 11.4. The minimum Gasteiger partial charge on any atom is -0.458 e. The second kappa shape index (κ2) is 7.69. The average Bonchev–Trinajstić information content (AvgIpc) is 2.41. The molecule has 1 heterocycles. The number of carbonyl (C=O) groups is 1. The molecule has 0 bridgehead atoms. The molecule has 0 atom stereocenters. The Balaban J connectivity index is 2.33. The smallest absolute Gasteiger partial charge is 0.332 e. The van der Waals surface area contributed by atoms with Crippen LogP contribution < -0.4 is 4.90 Å². The van der Waals surface area contributed by atoms with E-state index in [2.05, 4.69) is 4.98 Å². The molecule has 0 saturated heterocycles. The van der Waals surface area contributed by atoms with Gasteiger partial charge < -0.3 is 14.4 Å². The SMILES string of the molecule is CN(CCOCC(=O)OC(C)(C)C)c1ccc([N+](=O)[O-])cn1. The molecule has 0 spiro atoms. The monoisotopic (exact) mass is 311 g/mol. The molecule has 1 aromatic heterocycles. The van der Waals surface area contributed by atoms with E-state index < -0.39 is 16.5 Å². The van der Waals surface area contributed by atoms with E-state index in [0.29, 0.717) is 19.0 Å². The number of ether oxygens (including phenoxy) is 2. The van der Waals surface area contributed by atoms with Crippen molar-refractivity contribution in [1.29, 1.82) is 0 Å². The van der Waals surface area contributed by atoms with Gasteiger partial charge in [-0.3, -0.25) is 10.1 Å². The first-order valence-electron chi connectivity index (χ1n) is 6.80. The lowest BCUT2D eigenvalue weighted by Crippen LogP contribution is -2.28. The molecule has 0 aliphatic heterocycles. The van der Waals surface area contributed by atoms with Gasteiger partial charge in [0.25, 0.3) is 5.69 Å². The molecule has 0 aromatic carbocycles. The highest BCUT2D eigenvalue weighted by Gasteiger charge is 2.16. The van der Waals surface area contributed by atoms with E-state index in [4.69, 9.17) is 9.47 Å². The van der Waals surface area contributed by atoms with Crippen LogP contribution in [0.25, 0.3) is 0 Å². The second-order valence-electron chi connectivity index (χ2n) is 5.69. The zero-order chi connectivity index (χ0) is 16.8. The van der Waals surface area contributed by atoms with E-state index in [-0.39, 0.29) is 12.3 Å². The predicted molar refractivity (Wildman–Crippen MR) is 80.8 cm³/mol. The van der Waals surface area contributed by atoms with Crippen molar-refractivity contribution in [2.75, 3.05) is 31.7 Å². The van der Waals surface area contributed by atoms with E-state index in [0.717, 1.165) is 0 Å². The zero-order valence-electron chi connectivity index (χ0n) is 13.2. The Morgan fingerprint density at radius 2 is 2.09 bits per heavy atom. The number of likely N-dealkylation sites (N-methyl/N-ethyl adjacent to an activating group) is 1. The fourth-order valence-electron chi connectivity index (χ4n) is 1.55. The number of pyridine rings is 1. The van der Waals surface area contributed by atoms with Gasteiger partial charge in [-0.25, -0.2) is 9.78 Å². The molecular weight excluding hydrogens is 290 g/mol. The molecular formula is C14H21N3O5. The molecule has 0 fully saturated rings. The summed E-state index contributed by atoms with van der Waals surface area (Å²) >= 11 is 0. The second-order valence-corrected chi connectivity index (χ2v) is 5.69. The van der Waals surface area contributed by atoms with Crippen molar-refractivity contribution in [3.05, 3.63) is 28.4 Å². The Kier molecular flexibility index (Phi) is 6.24. The summed E-state index contributed by atoms with van der Waals surface area (Å²) in [6.07, 6.45) is 1.20. The topological polar surface area (TPSA) is 94.8 Å². The maximum atomic E-state index is 11.4. The molecule has 0 aliphatic rings. The van der Waals surface area contributed by atoms with E-state index in [1.54, 1.807) is 38.8 Å². The van der Waals surface area contributed by atoms with Gasteiger partial charge >= 0.3 is 5.97 Å². The van der Waals surface area contributed by atoms with Gasteiger partial charge in [-0.15, -0.1) is 0 Å². The third-order valence-electron chi connectivity index (χ3n) is 2.55. The van der Waals surface area contributed by atoms with Crippen molar-refractivity contribution in [2.45, 2.75) is 26.4 Å². The van der Waals surface area contributed by atoms with Crippen LogP contribution in [0.4, 0.5) is 11.5 Å². The summed E-state index contributed by atoms with van der Waals surface area (Å²) in [5.41, 5.74) is -0.585. The van der Waals surface area contributed by atoms with Gasteiger partial charge in [-0.2, -0.15) is 0 Å². The Bertz CT molecular complexity index is 510. The van der Waals surface area contributed by atoms with Crippen LogP contribution in [0.5, 0.6) is 0 Å². The number of anilines is 1. The summed E-state index contributed by atoms with van der Waals surface area (Å²) in [7, 11) is 1.78. The van der Waals surface area contributed by atoms with Crippen LogP contribution in [0.15, 0.2) is 18.3 Å². The summed E-state index contributed by atoms with van der Waals surface area (Å²) < 4.78 is 10.4. The number of rotatable bonds is 7. The molecule has 0 unspecified atom stereocenters. The first kappa shape index (κ1) is 17.8. The molecule has 0 aliphatic carbocycles. The number of nitrogens with zero attached hydrogens (tertiary/aromatic N) is 3. The van der Waals surface area contributed by atoms with Crippen LogP contribution in [0.3, 0.4) is 0 Å². The van der Waals surface area contributed by atoms with Gasteiger partial charge in [-0.05, 0) is 26.8 Å². The third-order valence-corrected chi connectivity index (χ3v) is 2.55. The Hall–Kier alpha value is -2.22. The normalized spacial score (nSPS) is 11.1. The standard InChI is InChI=1S/C14H21N3O5/c1-14(2,3)22-13(18)10-21-8-7-16(4)12-6-5-11(9-15-12)17(19)20/h5-6,9H,7-8,10H2,1-4H3. The molecule has 122 valence electrons. The minimum absolute atomic E-state index is 0.0571. The van der Waals surface area contributed by atoms with E-state index >= 15 is 0 Å². The fraction of sp³-hybridized carbons (Fsp3) is 0.571. The highest BCUT2D eigenvalue weighted by Crippen LogP contribution is 2.14.